The highest BCUT2D eigenvalue weighted by molar-refractivity contribution is 5.84. The number of guanidine groups is 1. The molecular formula is C17H30N4O. The molecule has 2 rings (SSSR count). The number of carbonyl (C=O) groups excluding carboxylic acids is 1. The van der Waals surface area contributed by atoms with Crippen molar-refractivity contribution < 1.29 is 4.79 Å². The van der Waals surface area contributed by atoms with Gasteiger partial charge in [0.05, 0.1) is 12.0 Å². The van der Waals surface area contributed by atoms with Crippen molar-refractivity contribution in [3.05, 3.63) is 12.2 Å². The minimum Gasteiger partial charge on any atom is -0.357 e. The fourth-order valence-electron chi connectivity index (χ4n) is 3.44. The molecule has 0 aromatic carbocycles. The Kier molecular flexibility index (Phi) is 5.86. The maximum atomic E-state index is 12.6. The van der Waals surface area contributed by atoms with Crippen LogP contribution in [0.15, 0.2) is 17.1 Å². The van der Waals surface area contributed by atoms with E-state index in [4.69, 9.17) is 4.99 Å². The summed E-state index contributed by atoms with van der Waals surface area (Å²) in [5.41, 5.74) is -0.292. The molecule has 22 heavy (non-hydrogen) atoms. The van der Waals surface area contributed by atoms with Crippen LogP contribution in [0.4, 0.5) is 0 Å². The highest BCUT2D eigenvalue weighted by Gasteiger charge is 2.42. The minimum atomic E-state index is -0.292. The van der Waals surface area contributed by atoms with Crippen LogP contribution in [0.5, 0.6) is 0 Å². The van der Waals surface area contributed by atoms with Crippen molar-refractivity contribution in [2.45, 2.75) is 51.5 Å². The maximum absolute atomic E-state index is 12.6. The van der Waals surface area contributed by atoms with E-state index in [1.807, 2.05) is 14.1 Å². The van der Waals surface area contributed by atoms with E-state index in [0.717, 1.165) is 51.0 Å². The van der Waals surface area contributed by atoms with Gasteiger partial charge in [-0.3, -0.25) is 9.79 Å². The molecule has 1 amide bonds. The molecule has 2 aliphatic carbocycles. The van der Waals surface area contributed by atoms with E-state index in [2.05, 4.69) is 29.7 Å². The molecule has 1 saturated carbocycles. The smallest absolute Gasteiger partial charge is 0.230 e. The SMILES string of the molecule is CCNC(=NCC1(C(=O)N(C)C)CCCC1)NC1CC=CC1. The number of rotatable bonds is 5. The van der Waals surface area contributed by atoms with Crippen molar-refractivity contribution in [1.29, 1.82) is 0 Å². The van der Waals surface area contributed by atoms with Gasteiger partial charge < -0.3 is 15.5 Å². The Hall–Kier alpha value is -1.52. The molecule has 124 valence electrons. The summed E-state index contributed by atoms with van der Waals surface area (Å²) < 4.78 is 0. The van der Waals surface area contributed by atoms with Gasteiger partial charge in [-0.05, 0) is 32.6 Å². The molecule has 0 aromatic rings. The molecule has 0 aromatic heterocycles. The van der Waals surface area contributed by atoms with Crippen molar-refractivity contribution in [2.24, 2.45) is 10.4 Å². The zero-order chi connectivity index (χ0) is 16.0. The Morgan fingerprint density at radius 2 is 1.91 bits per heavy atom. The summed E-state index contributed by atoms with van der Waals surface area (Å²) in [5.74, 6) is 1.07. The van der Waals surface area contributed by atoms with Gasteiger partial charge in [0, 0.05) is 26.7 Å². The number of carbonyl (C=O) groups is 1. The second-order valence-electron chi connectivity index (χ2n) is 6.67. The van der Waals surface area contributed by atoms with E-state index in [9.17, 15) is 4.79 Å². The fraction of sp³-hybridized carbons (Fsp3) is 0.765. The lowest BCUT2D eigenvalue weighted by Crippen LogP contribution is -2.45. The Bertz CT molecular complexity index is 428. The lowest BCUT2D eigenvalue weighted by Gasteiger charge is -2.29. The van der Waals surface area contributed by atoms with Gasteiger partial charge in [-0.2, -0.15) is 0 Å². The van der Waals surface area contributed by atoms with Gasteiger partial charge in [-0.15, -0.1) is 0 Å². The normalized spacial score (nSPS) is 21.1. The first-order valence-corrected chi connectivity index (χ1v) is 8.49. The average molecular weight is 306 g/mol. The van der Waals surface area contributed by atoms with Crippen LogP contribution in [0.3, 0.4) is 0 Å². The van der Waals surface area contributed by atoms with Crippen molar-refractivity contribution in [3.63, 3.8) is 0 Å². The van der Waals surface area contributed by atoms with Crippen LogP contribution in [0.25, 0.3) is 0 Å². The van der Waals surface area contributed by atoms with Crippen molar-refractivity contribution in [3.8, 4) is 0 Å². The maximum Gasteiger partial charge on any atom is 0.230 e. The molecule has 0 saturated heterocycles. The van der Waals surface area contributed by atoms with Crippen LogP contribution in [-0.4, -0.2) is 50.0 Å². The Balaban J connectivity index is 2.04. The summed E-state index contributed by atoms with van der Waals surface area (Å²) in [5, 5.41) is 6.78. The summed E-state index contributed by atoms with van der Waals surface area (Å²) in [6.45, 7) is 3.49. The summed E-state index contributed by atoms with van der Waals surface area (Å²) >= 11 is 0. The van der Waals surface area contributed by atoms with Gasteiger partial charge in [0.1, 0.15) is 0 Å². The highest BCUT2D eigenvalue weighted by atomic mass is 16.2. The Morgan fingerprint density at radius 3 is 2.45 bits per heavy atom. The number of hydrogen-bond donors (Lipinski definition) is 2. The van der Waals surface area contributed by atoms with Crippen LogP contribution < -0.4 is 10.6 Å². The molecule has 0 aliphatic heterocycles. The average Bonchev–Trinajstić information content (AvgIpc) is 3.16. The summed E-state index contributed by atoms with van der Waals surface area (Å²) in [6, 6.07) is 0.432. The summed E-state index contributed by atoms with van der Waals surface area (Å²) in [7, 11) is 3.69. The first-order valence-electron chi connectivity index (χ1n) is 8.49. The quantitative estimate of drug-likeness (QED) is 0.463. The molecule has 5 heteroatoms. The van der Waals surface area contributed by atoms with Gasteiger partial charge >= 0.3 is 0 Å². The highest BCUT2D eigenvalue weighted by Crippen LogP contribution is 2.39. The van der Waals surface area contributed by atoms with Crippen LogP contribution >= 0.6 is 0 Å². The minimum absolute atomic E-state index is 0.229. The van der Waals surface area contributed by atoms with E-state index < -0.39 is 0 Å². The van der Waals surface area contributed by atoms with Gasteiger partial charge in [0.25, 0.3) is 0 Å². The predicted molar refractivity (Wildman–Crippen MR) is 90.9 cm³/mol. The summed E-state index contributed by atoms with van der Waals surface area (Å²) in [6.07, 6.45) is 10.7. The van der Waals surface area contributed by atoms with E-state index in [-0.39, 0.29) is 11.3 Å². The number of hydrogen-bond acceptors (Lipinski definition) is 2. The lowest BCUT2D eigenvalue weighted by molar-refractivity contribution is -0.138. The number of amides is 1. The van der Waals surface area contributed by atoms with Crippen molar-refractivity contribution in [1.82, 2.24) is 15.5 Å². The fourth-order valence-corrected chi connectivity index (χ4v) is 3.44. The monoisotopic (exact) mass is 306 g/mol. The van der Waals surface area contributed by atoms with Crippen LogP contribution in [0.2, 0.25) is 0 Å². The van der Waals surface area contributed by atoms with E-state index in [1.165, 1.54) is 0 Å². The molecule has 0 radical (unpaired) electrons. The topological polar surface area (TPSA) is 56.7 Å². The van der Waals surface area contributed by atoms with Crippen molar-refractivity contribution in [2.75, 3.05) is 27.2 Å². The number of aliphatic imine (C=N–C) groups is 1. The molecule has 0 heterocycles. The third-order valence-electron chi connectivity index (χ3n) is 4.65. The molecule has 2 aliphatic rings. The third kappa shape index (κ3) is 4.02. The zero-order valence-electron chi connectivity index (χ0n) is 14.2. The first kappa shape index (κ1) is 16.8. The van der Waals surface area contributed by atoms with Crippen LogP contribution in [-0.2, 0) is 4.79 Å². The second-order valence-corrected chi connectivity index (χ2v) is 6.67. The molecule has 1 fully saturated rings. The molecule has 0 atom stereocenters. The van der Waals surface area contributed by atoms with Gasteiger partial charge in [-0.1, -0.05) is 25.0 Å². The molecule has 0 bridgehead atoms. The van der Waals surface area contributed by atoms with E-state index >= 15 is 0 Å². The largest absolute Gasteiger partial charge is 0.357 e. The lowest BCUT2D eigenvalue weighted by atomic mass is 9.85. The zero-order valence-corrected chi connectivity index (χ0v) is 14.2. The van der Waals surface area contributed by atoms with Crippen LogP contribution in [0.1, 0.15) is 45.4 Å². The Morgan fingerprint density at radius 1 is 1.27 bits per heavy atom. The molecular weight excluding hydrogens is 276 g/mol. The number of nitrogens with zero attached hydrogens (tertiary/aromatic N) is 2. The standard InChI is InChI=1S/C17H30N4O/c1-4-18-16(20-14-9-5-6-10-14)19-13-17(11-7-8-12-17)15(22)21(2)3/h5-6,14H,4,7-13H2,1-3H3,(H2,18,19,20). The molecule has 0 unspecified atom stereocenters. The number of nitrogens with one attached hydrogen (secondary N) is 2. The van der Waals surface area contributed by atoms with Crippen LogP contribution in [0, 0.1) is 5.41 Å². The Labute approximate surface area is 134 Å². The van der Waals surface area contributed by atoms with Gasteiger partial charge in [-0.25, -0.2) is 0 Å². The van der Waals surface area contributed by atoms with Gasteiger partial charge in [0.15, 0.2) is 5.96 Å². The third-order valence-corrected chi connectivity index (χ3v) is 4.65. The second kappa shape index (κ2) is 7.65. The van der Waals surface area contributed by atoms with Crippen molar-refractivity contribution >= 4 is 11.9 Å². The van der Waals surface area contributed by atoms with E-state index in [1.54, 1.807) is 4.90 Å². The molecule has 2 N–H and O–H groups in total. The first-order chi connectivity index (χ1) is 10.6. The molecule has 0 spiro atoms. The van der Waals surface area contributed by atoms with E-state index in [0.29, 0.717) is 12.6 Å². The summed E-state index contributed by atoms with van der Waals surface area (Å²) in [4.78, 5) is 19.1. The molecule has 5 nitrogen and oxygen atoms in total. The van der Waals surface area contributed by atoms with Gasteiger partial charge in [0.2, 0.25) is 5.91 Å². The predicted octanol–water partition coefficient (Wildman–Crippen LogP) is 1.91.